The maximum Gasteiger partial charge on any atom is 0.251 e. The molecule has 0 aliphatic heterocycles. The number of amides is 2. The first-order chi connectivity index (χ1) is 10.6. The highest BCUT2D eigenvalue weighted by molar-refractivity contribution is 5.96. The molecule has 0 aliphatic rings. The van der Waals surface area contributed by atoms with E-state index in [9.17, 15) is 9.59 Å². The fraction of sp³-hybridized carbons (Fsp3) is 0.222. The van der Waals surface area contributed by atoms with E-state index in [0.29, 0.717) is 24.2 Å². The lowest BCUT2D eigenvalue weighted by atomic mass is 10.1. The van der Waals surface area contributed by atoms with E-state index in [1.807, 2.05) is 50.2 Å². The van der Waals surface area contributed by atoms with E-state index in [4.69, 9.17) is 0 Å². The van der Waals surface area contributed by atoms with Crippen molar-refractivity contribution in [2.45, 2.75) is 13.8 Å². The highest BCUT2D eigenvalue weighted by Crippen LogP contribution is 2.07. The van der Waals surface area contributed by atoms with Crippen LogP contribution in [0.15, 0.2) is 48.5 Å². The topological polar surface area (TPSA) is 58.2 Å². The second kappa shape index (κ2) is 7.41. The van der Waals surface area contributed by atoms with Gasteiger partial charge in [-0.05, 0) is 37.1 Å². The van der Waals surface area contributed by atoms with Gasteiger partial charge in [-0.15, -0.1) is 0 Å². The van der Waals surface area contributed by atoms with Crippen molar-refractivity contribution >= 4 is 11.8 Å². The first-order valence-corrected chi connectivity index (χ1v) is 7.27. The molecule has 0 saturated carbocycles. The number of carbonyl (C=O) groups is 2. The van der Waals surface area contributed by atoms with Crippen LogP contribution < -0.4 is 10.6 Å². The van der Waals surface area contributed by atoms with Crippen LogP contribution in [0.2, 0.25) is 0 Å². The molecule has 2 amide bonds. The van der Waals surface area contributed by atoms with Crippen molar-refractivity contribution in [1.29, 1.82) is 0 Å². The lowest BCUT2D eigenvalue weighted by molar-refractivity contribution is 0.0927. The Kier molecular flexibility index (Phi) is 5.31. The maximum absolute atomic E-state index is 12.0. The van der Waals surface area contributed by atoms with Crippen LogP contribution in [0.5, 0.6) is 0 Å². The minimum Gasteiger partial charge on any atom is -0.350 e. The van der Waals surface area contributed by atoms with Gasteiger partial charge in [-0.1, -0.05) is 36.4 Å². The Bertz CT molecular complexity index is 621. The zero-order valence-corrected chi connectivity index (χ0v) is 12.8. The van der Waals surface area contributed by atoms with E-state index in [-0.39, 0.29) is 11.8 Å². The van der Waals surface area contributed by atoms with Crippen LogP contribution in [-0.4, -0.2) is 24.9 Å². The summed E-state index contributed by atoms with van der Waals surface area (Å²) in [5, 5.41) is 5.62. The standard InChI is InChI=1S/C18H20N2O2/c1-13-7-3-5-9-15(13)17(21)19-11-12-20-18(22)16-10-6-4-8-14(16)2/h3-10H,11-12H2,1-2H3,(H,19,21)(H,20,22). The maximum atomic E-state index is 12.0. The normalized spacial score (nSPS) is 10.1. The molecule has 2 aromatic rings. The van der Waals surface area contributed by atoms with Gasteiger partial charge in [-0.2, -0.15) is 0 Å². The van der Waals surface area contributed by atoms with Gasteiger partial charge in [-0.3, -0.25) is 9.59 Å². The smallest absolute Gasteiger partial charge is 0.251 e. The van der Waals surface area contributed by atoms with Crippen LogP contribution >= 0.6 is 0 Å². The van der Waals surface area contributed by atoms with Gasteiger partial charge in [0, 0.05) is 24.2 Å². The average Bonchev–Trinajstić information content (AvgIpc) is 2.52. The fourth-order valence-corrected chi connectivity index (χ4v) is 2.20. The second-order valence-corrected chi connectivity index (χ2v) is 5.14. The Morgan fingerprint density at radius 1 is 0.727 bits per heavy atom. The molecule has 2 N–H and O–H groups in total. The van der Waals surface area contributed by atoms with Crippen LogP contribution in [0.3, 0.4) is 0 Å². The largest absolute Gasteiger partial charge is 0.350 e. The number of rotatable bonds is 5. The Balaban J connectivity index is 1.80. The predicted octanol–water partition coefficient (Wildman–Crippen LogP) is 2.46. The molecule has 22 heavy (non-hydrogen) atoms. The lowest BCUT2D eigenvalue weighted by Gasteiger charge is -2.09. The summed E-state index contributed by atoms with van der Waals surface area (Å²) in [5.74, 6) is -0.244. The minimum atomic E-state index is -0.122. The molecule has 4 nitrogen and oxygen atoms in total. The van der Waals surface area contributed by atoms with Crippen molar-refractivity contribution < 1.29 is 9.59 Å². The summed E-state index contributed by atoms with van der Waals surface area (Å²) < 4.78 is 0. The zero-order valence-electron chi connectivity index (χ0n) is 12.8. The minimum absolute atomic E-state index is 0.122. The van der Waals surface area contributed by atoms with Crippen molar-refractivity contribution in [1.82, 2.24) is 10.6 Å². The van der Waals surface area contributed by atoms with E-state index in [1.165, 1.54) is 0 Å². The summed E-state index contributed by atoms with van der Waals surface area (Å²) in [6.07, 6.45) is 0. The Morgan fingerprint density at radius 2 is 1.09 bits per heavy atom. The average molecular weight is 296 g/mol. The van der Waals surface area contributed by atoms with Gasteiger partial charge in [0.2, 0.25) is 0 Å². The molecule has 0 fully saturated rings. The lowest BCUT2D eigenvalue weighted by Crippen LogP contribution is -2.35. The first kappa shape index (κ1) is 15.8. The number of hydrogen-bond acceptors (Lipinski definition) is 2. The number of benzene rings is 2. The molecular weight excluding hydrogens is 276 g/mol. The summed E-state index contributed by atoms with van der Waals surface area (Å²) in [6.45, 7) is 4.58. The van der Waals surface area contributed by atoms with E-state index >= 15 is 0 Å². The van der Waals surface area contributed by atoms with E-state index < -0.39 is 0 Å². The third-order valence-corrected chi connectivity index (χ3v) is 3.48. The van der Waals surface area contributed by atoms with Gasteiger partial charge in [0.15, 0.2) is 0 Å². The summed E-state index contributed by atoms with van der Waals surface area (Å²) in [4.78, 5) is 24.0. The molecular formula is C18H20N2O2. The predicted molar refractivity (Wildman–Crippen MR) is 87.0 cm³/mol. The SMILES string of the molecule is Cc1ccccc1C(=O)NCCNC(=O)c1ccccc1C. The molecule has 2 rings (SSSR count). The van der Waals surface area contributed by atoms with Crippen LogP contribution in [0.25, 0.3) is 0 Å². The van der Waals surface area contributed by atoms with Crippen LogP contribution in [-0.2, 0) is 0 Å². The monoisotopic (exact) mass is 296 g/mol. The number of nitrogens with one attached hydrogen (secondary N) is 2. The molecule has 114 valence electrons. The van der Waals surface area contributed by atoms with Crippen molar-refractivity contribution in [3.05, 3.63) is 70.8 Å². The molecule has 0 bridgehead atoms. The Labute approximate surface area is 130 Å². The third kappa shape index (κ3) is 3.95. The van der Waals surface area contributed by atoms with E-state index in [2.05, 4.69) is 10.6 Å². The van der Waals surface area contributed by atoms with Gasteiger partial charge in [0.05, 0.1) is 0 Å². The molecule has 0 aromatic heterocycles. The molecule has 2 aromatic carbocycles. The molecule has 0 saturated heterocycles. The summed E-state index contributed by atoms with van der Waals surface area (Å²) >= 11 is 0. The molecule has 0 aliphatic carbocycles. The summed E-state index contributed by atoms with van der Waals surface area (Å²) in [6, 6.07) is 14.8. The van der Waals surface area contributed by atoms with Crippen molar-refractivity contribution in [2.24, 2.45) is 0 Å². The Morgan fingerprint density at radius 3 is 1.45 bits per heavy atom. The van der Waals surface area contributed by atoms with E-state index in [0.717, 1.165) is 11.1 Å². The van der Waals surface area contributed by atoms with Gasteiger partial charge < -0.3 is 10.6 Å². The van der Waals surface area contributed by atoms with Crippen LogP contribution in [0, 0.1) is 13.8 Å². The number of hydrogen-bond donors (Lipinski definition) is 2. The molecule has 0 unspecified atom stereocenters. The van der Waals surface area contributed by atoms with Crippen molar-refractivity contribution in [3.8, 4) is 0 Å². The first-order valence-electron chi connectivity index (χ1n) is 7.27. The number of carbonyl (C=O) groups excluding carboxylic acids is 2. The summed E-state index contributed by atoms with van der Waals surface area (Å²) in [5.41, 5.74) is 3.19. The molecule has 4 heteroatoms. The van der Waals surface area contributed by atoms with Crippen molar-refractivity contribution in [2.75, 3.05) is 13.1 Å². The van der Waals surface area contributed by atoms with Gasteiger partial charge >= 0.3 is 0 Å². The zero-order chi connectivity index (χ0) is 15.9. The van der Waals surface area contributed by atoms with Gasteiger partial charge in [0.25, 0.3) is 11.8 Å². The quantitative estimate of drug-likeness (QED) is 0.833. The highest BCUT2D eigenvalue weighted by Gasteiger charge is 2.09. The van der Waals surface area contributed by atoms with Gasteiger partial charge in [-0.25, -0.2) is 0 Å². The molecule has 0 radical (unpaired) electrons. The highest BCUT2D eigenvalue weighted by atomic mass is 16.2. The Hall–Kier alpha value is -2.62. The van der Waals surface area contributed by atoms with Gasteiger partial charge in [0.1, 0.15) is 0 Å². The molecule has 0 heterocycles. The molecule has 0 spiro atoms. The van der Waals surface area contributed by atoms with Crippen molar-refractivity contribution in [3.63, 3.8) is 0 Å². The third-order valence-electron chi connectivity index (χ3n) is 3.48. The summed E-state index contributed by atoms with van der Waals surface area (Å²) in [7, 11) is 0. The van der Waals surface area contributed by atoms with Crippen LogP contribution in [0.4, 0.5) is 0 Å². The molecule has 0 atom stereocenters. The second-order valence-electron chi connectivity index (χ2n) is 5.14. The van der Waals surface area contributed by atoms with Crippen LogP contribution in [0.1, 0.15) is 31.8 Å². The fourth-order valence-electron chi connectivity index (χ4n) is 2.20. The number of aryl methyl sites for hydroxylation is 2. The van der Waals surface area contributed by atoms with E-state index in [1.54, 1.807) is 12.1 Å².